The molecular formula is C69H114O6. The van der Waals surface area contributed by atoms with Gasteiger partial charge in [0.05, 0.1) is 0 Å². The van der Waals surface area contributed by atoms with E-state index in [9.17, 15) is 14.4 Å². The van der Waals surface area contributed by atoms with E-state index >= 15 is 0 Å². The summed E-state index contributed by atoms with van der Waals surface area (Å²) in [6.07, 6.45) is 86.6. The molecule has 1 unspecified atom stereocenters. The maximum absolute atomic E-state index is 12.8. The van der Waals surface area contributed by atoms with Gasteiger partial charge in [-0.3, -0.25) is 14.4 Å². The molecule has 0 aromatic heterocycles. The predicted octanol–water partition coefficient (Wildman–Crippen LogP) is 21.2. The first-order valence-electron chi connectivity index (χ1n) is 31.0. The first-order chi connectivity index (χ1) is 37.0. The molecule has 6 nitrogen and oxygen atoms in total. The Labute approximate surface area is 462 Å². The lowest BCUT2D eigenvalue weighted by molar-refractivity contribution is -0.167. The van der Waals surface area contributed by atoms with Crippen LogP contribution in [0.15, 0.2) is 122 Å². The molecule has 0 aromatic carbocycles. The van der Waals surface area contributed by atoms with Crippen molar-refractivity contribution in [3.63, 3.8) is 0 Å². The van der Waals surface area contributed by atoms with Gasteiger partial charge < -0.3 is 14.2 Å². The van der Waals surface area contributed by atoms with Crippen LogP contribution in [-0.4, -0.2) is 37.2 Å². The number of carbonyl (C=O) groups is 3. The van der Waals surface area contributed by atoms with Crippen molar-refractivity contribution in [1.82, 2.24) is 0 Å². The SMILES string of the molecule is CC/C=C\C/C=C\C/C=C\C/C=C\C/C=C\C/C=C\C/C=C\C/C=C\CCCCCCCCCCC(=O)OCC(COC(=O)CCCCCCCC)OC(=O)CCCCCCCCC/C=C\C/C=C\CCCCCC. The van der Waals surface area contributed by atoms with Gasteiger partial charge in [0.15, 0.2) is 6.10 Å². The molecule has 75 heavy (non-hydrogen) atoms. The summed E-state index contributed by atoms with van der Waals surface area (Å²) in [4.78, 5) is 37.9. The topological polar surface area (TPSA) is 78.9 Å². The molecule has 0 rings (SSSR count). The van der Waals surface area contributed by atoms with Crippen LogP contribution in [0.3, 0.4) is 0 Å². The van der Waals surface area contributed by atoms with Crippen LogP contribution in [0.2, 0.25) is 0 Å². The van der Waals surface area contributed by atoms with Crippen molar-refractivity contribution < 1.29 is 28.6 Å². The minimum absolute atomic E-state index is 0.0847. The van der Waals surface area contributed by atoms with Crippen LogP contribution in [0, 0.1) is 0 Å². The zero-order chi connectivity index (χ0) is 54.3. The molecule has 1 atom stereocenters. The normalized spacial score (nSPS) is 12.9. The van der Waals surface area contributed by atoms with Crippen molar-refractivity contribution in [3.8, 4) is 0 Å². The molecule has 0 saturated heterocycles. The van der Waals surface area contributed by atoms with Gasteiger partial charge in [0.1, 0.15) is 13.2 Å². The van der Waals surface area contributed by atoms with Crippen molar-refractivity contribution in [2.45, 2.75) is 284 Å². The Kier molecular flexibility index (Phi) is 58.9. The van der Waals surface area contributed by atoms with Crippen LogP contribution in [0.25, 0.3) is 0 Å². The van der Waals surface area contributed by atoms with E-state index in [1.165, 1.54) is 109 Å². The summed E-state index contributed by atoms with van der Waals surface area (Å²) in [7, 11) is 0. The number of ether oxygens (including phenoxy) is 3. The quantitative estimate of drug-likeness (QED) is 0.0261. The van der Waals surface area contributed by atoms with E-state index in [1.807, 2.05) is 0 Å². The van der Waals surface area contributed by atoms with Crippen molar-refractivity contribution in [1.29, 1.82) is 0 Å². The van der Waals surface area contributed by atoms with Crippen LogP contribution < -0.4 is 0 Å². The third-order valence-electron chi connectivity index (χ3n) is 13.0. The summed E-state index contributed by atoms with van der Waals surface area (Å²) < 4.78 is 16.8. The van der Waals surface area contributed by atoms with Gasteiger partial charge in [-0.15, -0.1) is 0 Å². The average molecular weight is 1040 g/mol. The van der Waals surface area contributed by atoms with Gasteiger partial charge in [-0.2, -0.15) is 0 Å². The van der Waals surface area contributed by atoms with Crippen LogP contribution in [-0.2, 0) is 28.6 Å². The van der Waals surface area contributed by atoms with Gasteiger partial charge in [0.2, 0.25) is 0 Å². The zero-order valence-electron chi connectivity index (χ0n) is 48.8. The molecule has 0 saturated carbocycles. The lowest BCUT2D eigenvalue weighted by atomic mass is 10.1. The molecule has 0 fully saturated rings. The number of hydrogen-bond acceptors (Lipinski definition) is 6. The number of rotatable bonds is 55. The Morgan fingerprint density at radius 3 is 0.827 bits per heavy atom. The minimum Gasteiger partial charge on any atom is -0.462 e. The summed E-state index contributed by atoms with van der Waals surface area (Å²) >= 11 is 0. The first kappa shape index (κ1) is 70.8. The van der Waals surface area contributed by atoms with Crippen LogP contribution in [0.5, 0.6) is 0 Å². The molecule has 0 aliphatic heterocycles. The number of carbonyl (C=O) groups excluding carboxylic acids is 3. The molecule has 0 N–H and O–H groups in total. The molecule has 0 spiro atoms. The second kappa shape index (κ2) is 62.4. The smallest absolute Gasteiger partial charge is 0.306 e. The number of esters is 3. The van der Waals surface area contributed by atoms with Crippen LogP contribution >= 0.6 is 0 Å². The van der Waals surface area contributed by atoms with Crippen molar-refractivity contribution in [2.24, 2.45) is 0 Å². The molecule has 0 radical (unpaired) electrons. The number of unbranched alkanes of at least 4 members (excludes halogenated alkanes) is 24. The molecule has 6 heteroatoms. The summed E-state index contributed by atoms with van der Waals surface area (Å²) in [5.41, 5.74) is 0. The van der Waals surface area contributed by atoms with E-state index in [-0.39, 0.29) is 31.1 Å². The fourth-order valence-electron chi connectivity index (χ4n) is 8.31. The maximum atomic E-state index is 12.8. The van der Waals surface area contributed by atoms with Gasteiger partial charge in [0, 0.05) is 19.3 Å². The monoisotopic (exact) mass is 1040 g/mol. The number of hydrogen-bond donors (Lipinski definition) is 0. The largest absolute Gasteiger partial charge is 0.462 e. The summed E-state index contributed by atoms with van der Waals surface area (Å²) in [6, 6.07) is 0. The Morgan fingerprint density at radius 1 is 0.280 bits per heavy atom. The van der Waals surface area contributed by atoms with Gasteiger partial charge in [-0.05, 0) is 116 Å². The highest BCUT2D eigenvalue weighted by Crippen LogP contribution is 2.15. The molecule has 0 aliphatic rings. The van der Waals surface area contributed by atoms with Crippen LogP contribution in [0.1, 0.15) is 278 Å². The second-order valence-corrected chi connectivity index (χ2v) is 20.2. The third kappa shape index (κ3) is 60.6. The van der Waals surface area contributed by atoms with Gasteiger partial charge in [-0.1, -0.05) is 264 Å². The van der Waals surface area contributed by atoms with E-state index in [0.29, 0.717) is 19.3 Å². The molecule has 0 heterocycles. The van der Waals surface area contributed by atoms with Crippen molar-refractivity contribution in [2.75, 3.05) is 13.2 Å². The van der Waals surface area contributed by atoms with E-state index < -0.39 is 6.10 Å². The Hall–Kier alpha value is -4.19. The molecule has 0 aliphatic carbocycles. The lowest BCUT2D eigenvalue weighted by Gasteiger charge is -2.18. The van der Waals surface area contributed by atoms with E-state index in [0.717, 1.165) is 128 Å². The van der Waals surface area contributed by atoms with Gasteiger partial charge >= 0.3 is 17.9 Å². The standard InChI is InChI=1S/C69H114O6/c1-4-7-10-13-16-18-20-22-24-26-28-29-30-31-32-33-34-35-36-37-38-39-40-41-42-44-45-47-49-51-53-56-59-62-68(71)74-65-66(64-73-67(70)61-58-55-15-12-9-6-3)75-69(72)63-60-57-54-52-50-48-46-43-27-25-23-21-19-17-14-11-8-5-2/h7,10,16,18-19,21-22,24-25,27-29,31-32,34-35,37-38,40-41,66H,4-6,8-9,11-15,17,20,23,26,30,33,36,39,42-65H2,1-3H3/b10-7-,18-16-,21-19-,24-22-,27-25-,29-28-,32-31-,35-34-,38-37-,41-40-. The Balaban J connectivity index is 4.13. The van der Waals surface area contributed by atoms with Gasteiger partial charge in [0.25, 0.3) is 0 Å². The summed E-state index contributed by atoms with van der Waals surface area (Å²) in [5, 5.41) is 0. The third-order valence-corrected chi connectivity index (χ3v) is 13.0. The predicted molar refractivity (Wildman–Crippen MR) is 325 cm³/mol. The van der Waals surface area contributed by atoms with E-state index in [2.05, 4.69) is 142 Å². The highest BCUT2D eigenvalue weighted by molar-refractivity contribution is 5.71. The second-order valence-electron chi connectivity index (χ2n) is 20.2. The van der Waals surface area contributed by atoms with E-state index in [4.69, 9.17) is 14.2 Å². The van der Waals surface area contributed by atoms with E-state index in [1.54, 1.807) is 0 Å². The molecular weight excluding hydrogens is 925 g/mol. The van der Waals surface area contributed by atoms with Crippen molar-refractivity contribution in [3.05, 3.63) is 122 Å². The molecule has 0 amide bonds. The molecule has 0 bridgehead atoms. The Bertz CT molecular complexity index is 1570. The summed E-state index contributed by atoms with van der Waals surface area (Å²) in [6.45, 7) is 6.44. The van der Waals surface area contributed by atoms with Crippen LogP contribution in [0.4, 0.5) is 0 Å². The fourth-order valence-corrected chi connectivity index (χ4v) is 8.31. The minimum atomic E-state index is -0.785. The zero-order valence-corrected chi connectivity index (χ0v) is 48.8. The highest BCUT2D eigenvalue weighted by atomic mass is 16.6. The van der Waals surface area contributed by atoms with Gasteiger partial charge in [-0.25, -0.2) is 0 Å². The molecule has 0 aromatic rings. The lowest BCUT2D eigenvalue weighted by Crippen LogP contribution is -2.30. The average Bonchev–Trinajstić information content (AvgIpc) is 3.41. The highest BCUT2D eigenvalue weighted by Gasteiger charge is 2.19. The Morgan fingerprint density at radius 2 is 0.520 bits per heavy atom. The molecule has 426 valence electrons. The number of allylic oxidation sites excluding steroid dienone is 20. The first-order valence-corrected chi connectivity index (χ1v) is 31.0. The van der Waals surface area contributed by atoms with Crippen molar-refractivity contribution >= 4 is 17.9 Å². The summed E-state index contributed by atoms with van der Waals surface area (Å²) in [5.74, 6) is -0.910. The fraction of sp³-hybridized carbons (Fsp3) is 0.667. The maximum Gasteiger partial charge on any atom is 0.306 e.